The lowest BCUT2D eigenvalue weighted by Gasteiger charge is -2.26. The second-order valence-corrected chi connectivity index (χ2v) is 3.79. The molecule has 0 heterocycles. The standard InChI is InChI=1S/C11H15F3N4.C2H6/c1-7(18(17)10(16)6-15)8-2-4-9(5-3-8)11(12,13)14;1-2/h2-7H,15-17H2,1H3;1-2H3/b10-6-;. The van der Waals surface area contributed by atoms with Crippen LogP contribution in [0.2, 0.25) is 0 Å². The van der Waals surface area contributed by atoms with Crippen molar-refractivity contribution in [3.8, 4) is 0 Å². The van der Waals surface area contributed by atoms with Gasteiger partial charge in [-0.3, -0.25) is 5.01 Å². The molecule has 6 N–H and O–H groups in total. The van der Waals surface area contributed by atoms with E-state index in [4.69, 9.17) is 17.3 Å². The third-order valence-electron chi connectivity index (χ3n) is 2.61. The highest BCUT2D eigenvalue weighted by molar-refractivity contribution is 5.27. The fraction of sp³-hybridized carbons (Fsp3) is 0.385. The first kappa shape index (κ1) is 18.1. The number of hydrogen-bond acceptors (Lipinski definition) is 4. The molecule has 0 amide bonds. The van der Waals surface area contributed by atoms with Crippen LogP contribution in [0.1, 0.15) is 37.9 Å². The van der Waals surface area contributed by atoms with Crippen LogP contribution in [0.3, 0.4) is 0 Å². The summed E-state index contributed by atoms with van der Waals surface area (Å²) in [5.41, 5.74) is 10.6. The van der Waals surface area contributed by atoms with E-state index >= 15 is 0 Å². The number of nitrogens with two attached hydrogens (primary N) is 3. The Balaban J connectivity index is 0.00000172. The third-order valence-corrected chi connectivity index (χ3v) is 2.61. The maximum atomic E-state index is 12.4. The highest BCUT2D eigenvalue weighted by Crippen LogP contribution is 2.30. The Morgan fingerprint density at radius 3 is 2.00 bits per heavy atom. The van der Waals surface area contributed by atoms with Crippen LogP contribution in [-0.2, 0) is 6.18 Å². The average molecular weight is 290 g/mol. The molecule has 1 aromatic carbocycles. The van der Waals surface area contributed by atoms with E-state index in [1.807, 2.05) is 13.8 Å². The van der Waals surface area contributed by atoms with Crippen LogP contribution in [0.15, 0.2) is 36.3 Å². The monoisotopic (exact) mass is 290 g/mol. The molecule has 1 aromatic rings. The smallest absolute Gasteiger partial charge is 0.402 e. The van der Waals surface area contributed by atoms with Gasteiger partial charge in [-0.25, -0.2) is 5.84 Å². The van der Waals surface area contributed by atoms with Gasteiger partial charge < -0.3 is 11.5 Å². The van der Waals surface area contributed by atoms with Gasteiger partial charge in [-0.1, -0.05) is 26.0 Å². The quantitative estimate of drug-likeness (QED) is 0.590. The van der Waals surface area contributed by atoms with Crippen LogP contribution in [0.4, 0.5) is 13.2 Å². The molecule has 1 atom stereocenters. The van der Waals surface area contributed by atoms with Crippen LogP contribution in [0.25, 0.3) is 0 Å². The van der Waals surface area contributed by atoms with Crippen molar-refractivity contribution in [3.63, 3.8) is 0 Å². The van der Waals surface area contributed by atoms with Gasteiger partial charge in [0.25, 0.3) is 0 Å². The summed E-state index contributed by atoms with van der Waals surface area (Å²) in [5, 5.41) is 1.18. The molecule has 0 fully saturated rings. The van der Waals surface area contributed by atoms with Crippen LogP contribution in [-0.4, -0.2) is 5.01 Å². The van der Waals surface area contributed by atoms with Gasteiger partial charge in [0.2, 0.25) is 0 Å². The molecule has 0 aliphatic heterocycles. The molecule has 0 aromatic heterocycles. The second kappa shape index (κ2) is 7.64. The summed E-state index contributed by atoms with van der Waals surface area (Å²) in [4.78, 5) is 0. The molecule has 1 unspecified atom stereocenters. The Labute approximate surface area is 117 Å². The first-order chi connectivity index (χ1) is 9.27. The van der Waals surface area contributed by atoms with E-state index in [9.17, 15) is 13.2 Å². The summed E-state index contributed by atoms with van der Waals surface area (Å²) >= 11 is 0. The second-order valence-electron chi connectivity index (χ2n) is 3.79. The van der Waals surface area contributed by atoms with E-state index in [-0.39, 0.29) is 11.9 Å². The highest BCUT2D eigenvalue weighted by Gasteiger charge is 2.30. The largest absolute Gasteiger partial charge is 0.416 e. The number of benzene rings is 1. The third kappa shape index (κ3) is 4.65. The normalized spacial score (nSPS) is 13.2. The molecule has 20 heavy (non-hydrogen) atoms. The predicted molar refractivity (Wildman–Crippen MR) is 73.7 cm³/mol. The fourth-order valence-corrected chi connectivity index (χ4v) is 1.42. The molecule has 114 valence electrons. The molecule has 0 saturated carbocycles. The van der Waals surface area contributed by atoms with Gasteiger partial charge in [0.05, 0.1) is 11.6 Å². The van der Waals surface area contributed by atoms with Crippen LogP contribution in [0.5, 0.6) is 0 Å². The van der Waals surface area contributed by atoms with Crippen LogP contribution in [0, 0.1) is 0 Å². The number of nitrogens with zero attached hydrogens (tertiary/aromatic N) is 1. The Kier molecular flexibility index (Phi) is 6.92. The van der Waals surface area contributed by atoms with E-state index in [1.165, 1.54) is 17.1 Å². The number of hydrogen-bond donors (Lipinski definition) is 3. The van der Waals surface area contributed by atoms with Crippen molar-refractivity contribution in [2.45, 2.75) is 33.0 Å². The van der Waals surface area contributed by atoms with Gasteiger partial charge in [-0.05, 0) is 24.6 Å². The predicted octanol–water partition coefficient (Wildman–Crippen LogP) is 2.68. The Hall–Kier alpha value is -1.89. The summed E-state index contributed by atoms with van der Waals surface area (Å²) < 4.78 is 37.1. The molecule has 1 rings (SSSR count). The summed E-state index contributed by atoms with van der Waals surface area (Å²) in [6.45, 7) is 5.71. The van der Waals surface area contributed by atoms with E-state index in [2.05, 4.69) is 0 Å². The Morgan fingerprint density at radius 2 is 1.65 bits per heavy atom. The minimum Gasteiger partial charge on any atom is -0.402 e. The Bertz CT molecular complexity index is 426. The molecule has 0 bridgehead atoms. The number of alkyl halides is 3. The molecule has 4 nitrogen and oxygen atoms in total. The minimum absolute atomic E-state index is 0.141. The van der Waals surface area contributed by atoms with Gasteiger partial charge in [-0.15, -0.1) is 0 Å². The van der Waals surface area contributed by atoms with E-state index in [0.717, 1.165) is 18.3 Å². The fourth-order valence-electron chi connectivity index (χ4n) is 1.42. The maximum Gasteiger partial charge on any atom is 0.416 e. The summed E-state index contributed by atoms with van der Waals surface area (Å²) in [7, 11) is 0. The Morgan fingerprint density at radius 1 is 1.20 bits per heavy atom. The first-order valence-corrected chi connectivity index (χ1v) is 6.16. The van der Waals surface area contributed by atoms with Crippen molar-refractivity contribution in [1.29, 1.82) is 0 Å². The molecule has 0 radical (unpaired) electrons. The van der Waals surface area contributed by atoms with Crippen molar-refractivity contribution in [1.82, 2.24) is 5.01 Å². The van der Waals surface area contributed by atoms with Crippen molar-refractivity contribution in [2.24, 2.45) is 17.3 Å². The van der Waals surface area contributed by atoms with Gasteiger partial charge in [-0.2, -0.15) is 13.2 Å². The van der Waals surface area contributed by atoms with E-state index in [0.29, 0.717) is 5.56 Å². The zero-order valence-electron chi connectivity index (χ0n) is 11.8. The zero-order chi connectivity index (χ0) is 15.9. The molecule has 0 spiro atoms. The highest BCUT2D eigenvalue weighted by atomic mass is 19.4. The van der Waals surface area contributed by atoms with Crippen molar-refractivity contribution in [2.75, 3.05) is 0 Å². The minimum atomic E-state index is -4.35. The van der Waals surface area contributed by atoms with Gasteiger partial charge in [0.15, 0.2) is 0 Å². The molecular formula is C13H21F3N4. The van der Waals surface area contributed by atoms with Crippen molar-refractivity contribution in [3.05, 3.63) is 47.4 Å². The zero-order valence-corrected chi connectivity index (χ0v) is 11.8. The maximum absolute atomic E-state index is 12.4. The lowest BCUT2D eigenvalue weighted by atomic mass is 10.1. The van der Waals surface area contributed by atoms with Gasteiger partial charge in [0, 0.05) is 6.20 Å². The summed E-state index contributed by atoms with van der Waals surface area (Å²) in [6, 6.07) is 4.34. The molecular weight excluding hydrogens is 269 g/mol. The van der Waals surface area contributed by atoms with Gasteiger partial charge >= 0.3 is 6.18 Å². The van der Waals surface area contributed by atoms with E-state index < -0.39 is 11.7 Å². The topological polar surface area (TPSA) is 81.3 Å². The molecule has 0 saturated heterocycles. The van der Waals surface area contributed by atoms with Crippen LogP contribution >= 0.6 is 0 Å². The SMILES string of the molecule is CC.CC(c1ccc(C(F)(F)F)cc1)N(N)/C(N)=C\N. The van der Waals surface area contributed by atoms with Crippen molar-refractivity contribution >= 4 is 0 Å². The first-order valence-electron chi connectivity index (χ1n) is 6.16. The molecule has 7 heteroatoms. The van der Waals surface area contributed by atoms with Crippen LogP contribution < -0.4 is 17.3 Å². The lowest BCUT2D eigenvalue weighted by molar-refractivity contribution is -0.137. The van der Waals surface area contributed by atoms with E-state index in [1.54, 1.807) is 6.92 Å². The lowest BCUT2D eigenvalue weighted by Crippen LogP contribution is -2.37. The number of hydrazine groups is 1. The van der Waals surface area contributed by atoms with Crippen molar-refractivity contribution < 1.29 is 13.2 Å². The summed E-state index contributed by atoms with van der Waals surface area (Å²) in [6.07, 6.45) is -3.22. The number of rotatable bonds is 3. The average Bonchev–Trinajstić information content (AvgIpc) is 2.46. The molecule has 0 aliphatic carbocycles. The van der Waals surface area contributed by atoms with Gasteiger partial charge in [0.1, 0.15) is 5.82 Å². The summed E-state index contributed by atoms with van der Waals surface area (Å²) in [5.74, 6) is 5.81. The number of halogens is 3. The molecule has 0 aliphatic rings.